The first-order valence-corrected chi connectivity index (χ1v) is 4.82. The van der Waals surface area contributed by atoms with E-state index in [0.29, 0.717) is 0 Å². The van der Waals surface area contributed by atoms with Gasteiger partial charge in [0, 0.05) is 12.5 Å². The predicted octanol–water partition coefficient (Wildman–Crippen LogP) is 1.27. The summed E-state index contributed by atoms with van der Waals surface area (Å²) in [6.45, 7) is 7.33. The van der Waals surface area contributed by atoms with Gasteiger partial charge in [0.15, 0.2) is 0 Å². The second-order valence-electron chi connectivity index (χ2n) is 3.54. The Morgan fingerprint density at radius 2 is 2.00 bits per heavy atom. The summed E-state index contributed by atoms with van der Waals surface area (Å²) in [5, 5.41) is 8.96. The maximum Gasteiger partial charge on any atom is 0.0506 e. The Kier molecular flexibility index (Phi) is 4.33. The third kappa shape index (κ3) is 2.95. The van der Waals surface area contributed by atoms with E-state index in [0.717, 1.165) is 6.54 Å². The van der Waals surface area contributed by atoms with Crippen molar-refractivity contribution in [3.63, 3.8) is 0 Å². The molecule has 0 aromatic rings. The highest BCUT2D eigenvalue weighted by molar-refractivity contribution is 4.81. The normalized spacial score (nSPS) is 22.1. The molecule has 12 heavy (non-hydrogen) atoms. The summed E-state index contributed by atoms with van der Waals surface area (Å²) in [6.07, 6.45) is 5.85. The minimum absolute atomic E-state index is 0.236. The van der Waals surface area contributed by atoms with Gasteiger partial charge >= 0.3 is 0 Å². The minimum atomic E-state index is 0.236. The average Bonchev–Trinajstić information content (AvgIpc) is 2.16. The zero-order valence-electron chi connectivity index (χ0n) is 7.71. The van der Waals surface area contributed by atoms with Crippen LogP contribution in [0, 0.1) is 5.92 Å². The van der Waals surface area contributed by atoms with Crippen LogP contribution >= 0.6 is 0 Å². The number of likely N-dealkylation sites (tertiary alicyclic amines) is 1. The molecular weight excluding hydrogens is 150 g/mol. The number of piperidine rings is 1. The summed E-state index contributed by atoms with van der Waals surface area (Å²) in [5.41, 5.74) is 0. The molecule has 0 saturated carbocycles. The minimum Gasteiger partial charge on any atom is -0.396 e. The van der Waals surface area contributed by atoms with Crippen molar-refractivity contribution < 1.29 is 5.11 Å². The van der Waals surface area contributed by atoms with Gasteiger partial charge in [-0.3, -0.25) is 0 Å². The highest BCUT2D eigenvalue weighted by Gasteiger charge is 2.13. The topological polar surface area (TPSA) is 23.5 Å². The van der Waals surface area contributed by atoms with Crippen molar-refractivity contribution in [2.24, 2.45) is 5.92 Å². The smallest absolute Gasteiger partial charge is 0.0506 e. The molecule has 0 bridgehead atoms. The van der Waals surface area contributed by atoms with Crippen molar-refractivity contribution in [2.75, 3.05) is 26.2 Å². The molecule has 0 radical (unpaired) electrons. The van der Waals surface area contributed by atoms with Gasteiger partial charge in [-0.05, 0) is 25.9 Å². The number of hydrogen-bond acceptors (Lipinski definition) is 2. The molecule has 70 valence electrons. The largest absolute Gasteiger partial charge is 0.396 e. The van der Waals surface area contributed by atoms with Crippen LogP contribution < -0.4 is 0 Å². The summed E-state index contributed by atoms with van der Waals surface area (Å²) in [6, 6.07) is 0. The van der Waals surface area contributed by atoms with Crippen molar-refractivity contribution in [1.82, 2.24) is 4.90 Å². The third-order valence-electron chi connectivity index (χ3n) is 2.51. The summed E-state index contributed by atoms with van der Waals surface area (Å²) in [5.74, 6) is 0.267. The van der Waals surface area contributed by atoms with Gasteiger partial charge in [-0.1, -0.05) is 12.5 Å². The fourth-order valence-corrected chi connectivity index (χ4v) is 1.68. The molecule has 1 unspecified atom stereocenters. The fourth-order valence-electron chi connectivity index (χ4n) is 1.68. The second-order valence-corrected chi connectivity index (χ2v) is 3.54. The average molecular weight is 169 g/mol. The molecule has 1 saturated heterocycles. The number of hydrogen-bond donors (Lipinski definition) is 1. The quantitative estimate of drug-likeness (QED) is 0.641. The van der Waals surface area contributed by atoms with Gasteiger partial charge in [0.05, 0.1) is 6.61 Å². The van der Waals surface area contributed by atoms with E-state index in [1.54, 1.807) is 0 Å². The van der Waals surface area contributed by atoms with Crippen LogP contribution in [0.1, 0.15) is 19.3 Å². The Balaban J connectivity index is 2.22. The van der Waals surface area contributed by atoms with E-state index in [4.69, 9.17) is 5.11 Å². The van der Waals surface area contributed by atoms with Crippen LogP contribution in [-0.4, -0.2) is 36.2 Å². The van der Waals surface area contributed by atoms with E-state index in [-0.39, 0.29) is 12.5 Å². The molecule has 0 spiro atoms. The van der Waals surface area contributed by atoms with E-state index in [2.05, 4.69) is 11.5 Å². The van der Waals surface area contributed by atoms with Crippen LogP contribution in [-0.2, 0) is 0 Å². The van der Waals surface area contributed by atoms with Crippen molar-refractivity contribution in [3.8, 4) is 0 Å². The number of rotatable bonds is 4. The molecule has 0 aliphatic carbocycles. The fraction of sp³-hybridized carbons (Fsp3) is 0.800. The first-order chi connectivity index (χ1) is 5.86. The molecule has 2 nitrogen and oxygen atoms in total. The summed E-state index contributed by atoms with van der Waals surface area (Å²) in [7, 11) is 0. The summed E-state index contributed by atoms with van der Waals surface area (Å²) < 4.78 is 0. The predicted molar refractivity (Wildman–Crippen MR) is 51.1 cm³/mol. The molecule has 1 aliphatic rings. The lowest BCUT2D eigenvalue weighted by atomic mass is 10.1. The molecule has 1 fully saturated rings. The Labute approximate surface area is 74.9 Å². The van der Waals surface area contributed by atoms with Crippen LogP contribution in [0.4, 0.5) is 0 Å². The molecule has 1 rings (SSSR count). The Morgan fingerprint density at radius 1 is 1.33 bits per heavy atom. The molecule has 1 atom stereocenters. The highest BCUT2D eigenvalue weighted by atomic mass is 16.3. The van der Waals surface area contributed by atoms with Crippen molar-refractivity contribution in [1.29, 1.82) is 0 Å². The molecule has 1 aliphatic heterocycles. The van der Waals surface area contributed by atoms with Gasteiger partial charge in [0.1, 0.15) is 0 Å². The van der Waals surface area contributed by atoms with Gasteiger partial charge < -0.3 is 10.0 Å². The summed E-state index contributed by atoms with van der Waals surface area (Å²) >= 11 is 0. The number of nitrogens with zero attached hydrogens (tertiary/aromatic N) is 1. The lowest BCUT2D eigenvalue weighted by Gasteiger charge is -2.28. The lowest BCUT2D eigenvalue weighted by molar-refractivity contribution is 0.168. The first-order valence-electron chi connectivity index (χ1n) is 4.82. The molecule has 0 aromatic heterocycles. The van der Waals surface area contributed by atoms with Crippen molar-refractivity contribution in [3.05, 3.63) is 12.7 Å². The SMILES string of the molecule is C=CC(CO)CN1CCCCC1. The highest BCUT2D eigenvalue weighted by Crippen LogP contribution is 2.10. The number of aliphatic hydroxyl groups excluding tert-OH is 1. The Morgan fingerprint density at radius 3 is 2.50 bits per heavy atom. The van der Waals surface area contributed by atoms with E-state index < -0.39 is 0 Å². The first kappa shape index (κ1) is 9.75. The summed E-state index contributed by atoms with van der Waals surface area (Å²) in [4.78, 5) is 2.42. The van der Waals surface area contributed by atoms with E-state index >= 15 is 0 Å². The van der Waals surface area contributed by atoms with Crippen LogP contribution in [0.5, 0.6) is 0 Å². The Hall–Kier alpha value is -0.340. The third-order valence-corrected chi connectivity index (χ3v) is 2.51. The maximum absolute atomic E-state index is 8.96. The van der Waals surface area contributed by atoms with E-state index in [1.165, 1.54) is 32.4 Å². The maximum atomic E-state index is 8.96. The van der Waals surface area contributed by atoms with E-state index in [9.17, 15) is 0 Å². The molecule has 2 heteroatoms. The van der Waals surface area contributed by atoms with Gasteiger partial charge in [0.25, 0.3) is 0 Å². The van der Waals surface area contributed by atoms with Gasteiger partial charge in [-0.2, -0.15) is 0 Å². The lowest BCUT2D eigenvalue weighted by Crippen LogP contribution is -2.34. The number of aliphatic hydroxyl groups is 1. The van der Waals surface area contributed by atoms with Crippen LogP contribution in [0.3, 0.4) is 0 Å². The molecule has 1 heterocycles. The van der Waals surface area contributed by atoms with Gasteiger partial charge in [-0.15, -0.1) is 6.58 Å². The van der Waals surface area contributed by atoms with Gasteiger partial charge in [0.2, 0.25) is 0 Å². The van der Waals surface area contributed by atoms with Crippen molar-refractivity contribution in [2.45, 2.75) is 19.3 Å². The molecule has 1 N–H and O–H groups in total. The standard InChI is InChI=1S/C10H19NO/c1-2-10(9-12)8-11-6-4-3-5-7-11/h2,10,12H,1,3-9H2. The monoisotopic (exact) mass is 169 g/mol. The zero-order valence-corrected chi connectivity index (χ0v) is 7.71. The molecule has 0 aromatic carbocycles. The van der Waals surface area contributed by atoms with Crippen LogP contribution in [0.25, 0.3) is 0 Å². The molecular formula is C10H19NO. The zero-order chi connectivity index (χ0) is 8.81. The van der Waals surface area contributed by atoms with Gasteiger partial charge in [-0.25, -0.2) is 0 Å². The van der Waals surface area contributed by atoms with Crippen LogP contribution in [0.15, 0.2) is 12.7 Å². The van der Waals surface area contributed by atoms with Crippen LogP contribution in [0.2, 0.25) is 0 Å². The van der Waals surface area contributed by atoms with E-state index in [1.807, 2.05) is 6.08 Å². The van der Waals surface area contributed by atoms with Crippen molar-refractivity contribution >= 4 is 0 Å². The Bertz CT molecular complexity index is 130. The molecule has 0 amide bonds. The second kappa shape index (κ2) is 5.33.